The summed E-state index contributed by atoms with van der Waals surface area (Å²) in [6.45, 7) is 0. The molecule has 94 valence electrons. The van der Waals surface area contributed by atoms with Gasteiger partial charge in [0.15, 0.2) is 0 Å². The van der Waals surface area contributed by atoms with Crippen LogP contribution < -0.4 is 5.73 Å². The van der Waals surface area contributed by atoms with E-state index >= 15 is 0 Å². The number of carbonyl (C=O) groups excluding carboxylic acids is 1. The van der Waals surface area contributed by atoms with Crippen molar-refractivity contribution in [3.8, 4) is 5.69 Å². The van der Waals surface area contributed by atoms with Crippen molar-refractivity contribution in [1.82, 2.24) is 14.8 Å². The second-order valence-corrected chi connectivity index (χ2v) is 4.84. The number of primary amides is 1. The second-order valence-electron chi connectivity index (χ2n) is 4.02. The van der Waals surface area contributed by atoms with E-state index in [-0.39, 0.29) is 0 Å². The molecule has 0 saturated carbocycles. The third-order valence-electron chi connectivity index (χ3n) is 2.83. The zero-order chi connectivity index (χ0) is 13.4. The highest BCUT2D eigenvalue weighted by Crippen LogP contribution is 2.24. The van der Waals surface area contributed by atoms with E-state index in [9.17, 15) is 4.79 Å². The number of hydrogen-bond acceptors (Lipinski definition) is 3. The summed E-state index contributed by atoms with van der Waals surface area (Å²) in [5.41, 5.74) is 7.50. The molecule has 0 aliphatic rings. The molecule has 3 rings (SSSR count). The molecule has 0 atom stereocenters. The van der Waals surface area contributed by atoms with Crippen LogP contribution >= 0.6 is 15.9 Å². The maximum Gasteiger partial charge on any atom is 0.265 e. The SMILES string of the molecule is NC(=O)c1cc2ccccc2n1-c1cnnc(Br)c1. The zero-order valence-corrected chi connectivity index (χ0v) is 11.3. The van der Waals surface area contributed by atoms with E-state index < -0.39 is 5.91 Å². The van der Waals surface area contributed by atoms with Crippen LogP contribution in [0.1, 0.15) is 10.5 Å². The molecule has 0 saturated heterocycles. The molecule has 19 heavy (non-hydrogen) atoms. The minimum Gasteiger partial charge on any atom is -0.364 e. The third-order valence-corrected chi connectivity index (χ3v) is 3.22. The number of carbonyl (C=O) groups is 1. The highest BCUT2D eigenvalue weighted by molar-refractivity contribution is 9.10. The van der Waals surface area contributed by atoms with Crippen molar-refractivity contribution in [3.05, 3.63) is 52.9 Å². The van der Waals surface area contributed by atoms with E-state index in [1.165, 1.54) is 0 Å². The second kappa shape index (κ2) is 4.47. The van der Waals surface area contributed by atoms with Gasteiger partial charge in [-0.1, -0.05) is 18.2 Å². The van der Waals surface area contributed by atoms with Crippen LogP contribution in [0.3, 0.4) is 0 Å². The molecule has 1 aromatic carbocycles. The first-order valence-electron chi connectivity index (χ1n) is 5.56. The third kappa shape index (κ3) is 2.00. The maximum atomic E-state index is 11.6. The Kier molecular flexibility index (Phi) is 2.79. The van der Waals surface area contributed by atoms with Crippen molar-refractivity contribution in [2.75, 3.05) is 0 Å². The molecule has 0 bridgehead atoms. The maximum absolute atomic E-state index is 11.6. The van der Waals surface area contributed by atoms with Crippen LogP contribution in [0.2, 0.25) is 0 Å². The van der Waals surface area contributed by atoms with Crippen LogP contribution in [0, 0.1) is 0 Å². The number of benzene rings is 1. The number of hydrogen-bond donors (Lipinski definition) is 1. The normalized spacial score (nSPS) is 10.8. The summed E-state index contributed by atoms with van der Waals surface area (Å²) in [5, 5.41) is 8.67. The molecule has 0 aliphatic carbocycles. The topological polar surface area (TPSA) is 73.8 Å². The number of para-hydroxylation sites is 1. The van der Waals surface area contributed by atoms with Gasteiger partial charge in [-0.25, -0.2) is 0 Å². The molecule has 2 heterocycles. The lowest BCUT2D eigenvalue weighted by molar-refractivity contribution is 0.0994. The van der Waals surface area contributed by atoms with Gasteiger partial charge in [0.1, 0.15) is 10.3 Å². The lowest BCUT2D eigenvalue weighted by atomic mass is 10.2. The van der Waals surface area contributed by atoms with E-state index in [4.69, 9.17) is 5.73 Å². The first-order valence-corrected chi connectivity index (χ1v) is 6.35. The summed E-state index contributed by atoms with van der Waals surface area (Å²) < 4.78 is 2.37. The number of aromatic nitrogens is 3. The molecule has 2 aromatic heterocycles. The number of nitrogens with zero attached hydrogens (tertiary/aromatic N) is 3. The van der Waals surface area contributed by atoms with Crippen molar-refractivity contribution >= 4 is 32.7 Å². The Morgan fingerprint density at radius 1 is 1.26 bits per heavy atom. The summed E-state index contributed by atoms with van der Waals surface area (Å²) in [6.07, 6.45) is 1.59. The molecule has 0 radical (unpaired) electrons. The van der Waals surface area contributed by atoms with Gasteiger partial charge in [0.05, 0.1) is 17.4 Å². The Balaban J connectivity index is 2.38. The molecule has 0 unspecified atom stereocenters. The first-order chi connectivity index (χ1) is 9.16. The fraction of sp³-hybridized carbons (Fsp3) is 0. The van der Waals surface area contributed by atoms with Crippen molar-refractivity contribution in [3.63, 3.8) is 0 Å². The van der Waals surface area contributed by atoms with E-state index in [0.717, 1.165) is 16.6 Å². The Morgan fingerprint density at radius 2 is 2.05 bits per heavy atom. The van der Waals surface area contributed by atoms with Crippen LogP contribution in [0.4, 0.5) is 0 Å². The molecular formula is C13H9BrN4O. The van der Waals surface area contributed by atoms with E-state index in [1.54, 1.807) is 22.9 Å². The summed E-state index contributed by atoms with van der Waals surface area (Å²) >= 11 is 3.27. The molecule has 1 amide bonds. The highest BCUT2D eigenvalue weighted by Gasteiger charge is 2.14. The fourth-order valence-corrected chi connectivity index (χ4v) is 2.39. The van der Waals surface area contributed by atoms with Gasteiger partial charge in [-0.15, -0.1) is 5.10 Å². The Hall–Kier alpha value is -2.21. The van der Waals surface area contributed by atoms with Crippen molar-refractivity contribution in [1.29, 1.82) is 0 Å². The number of fused-ring (bicyclic) bond motifs is 1. The zero-order valence-electron chi connectivity index (χ0n) is 9.75. The monoisotopic (exact) mass is 316 g/mol. The Morgan fingerprint density at radius 3 is 2.79 bits per heavy atom. The van der Waals surface area contributed by atoms with Crippen molar-refractivity contribution in [2.45, 2.75) is 0 Å². The van der Waals surface area contributed by atoms with Gasteiger partial charge in [0.25, 0.3) is 5.91 Å². The van der Waals surface area contributed by atoms with Gasteiger partial charge < -0.3 is 10.3 Å². The van der Waals surface area contributed by atoms with Crippen LogP contribution in [-0.2, 0) is 0 Å². The van der Waals surface area contributed by atoms with Crippen molar-refractivity contribution in [2.24, 2.45) is 5.73 Å². The molecule has 2 N–H and O–H groups in total. The predicted molar refractivity (Wildman–Crippen MR) is 75.1 cm³/mol. The molecule has 5 nitrogen and oxygen atoms in total. The van der Waals surface area contributed by atoms with Gasteiger partial charge in [-0.05, 0) is 34.1 Å². The van der Waals surface area contributed by atoms with Gasteiger partial charge in [-0.2, -0.15) is 5.10 Å². The van der Waals surface area contributed by atoms with E-state index in [1.807, 2.05) is 24.3 Å². The van der Waals surface area contributed by atoms with Gasteiger partial charge in [0, 0.05) is 5.39 Å². The number of amides is 1. The minimum atomic E-state index is -0.482. The molecule has 0 spiro atoms. The number of rotatable bonds is 2. The summed E-state index contributed by atoms with van der Waals surface area (Å²) in [6, 6.07) is 11.2. The summed E-state index contributed by atoms with van der Waals surface area (Å²) in [5.74, 6) is -0.482. The standard InChI is InChI=1S/C13H9BrN4O/c14-12-6-9(7-16-17-12)18-10-4-2-1-3-8(10)5-11(18)13(15)19/h1-7H,(H2,15,19). The summed E-state index contributed by atoms with van der Waals surface area (Å²) in [4.78, 5) is 11.6. The average molecular weight is 317 g/mol. The average Bonchev–Trinajstić information content (AvgIpc) is 2.78. The fourth-order valence-electron chi connectivity index (χ4n) is 2.07. The molecule has 6 heteroatoms. The Bertz CT molecular complexity index is 781. The summed E-state index contributed by atoms with van der Waals surface area (Å²) in [7, 11) is 0. The molecule has 3 aromatic rings. The quantitative estimate of drug-likeness (QED) is 0.788. The lowest BCUT2D eigenvalue weighted by Crippen LogP contribution is -2.16. The first kappa shape index (κ1) is 11.9. The van der Waals surface area contributed by atoms with Crippen LogP contribution in [0.25, 0.3) is 16.6 Å². The van der Waals surface area contributed by atoms with E-state index in [2.05, 4.69) is 26.1 Å². The van der Waals surface area contributed by atoms with Crippen LogP contribution in [-0.4, -0.2) is 20.7 Å². The largest absolute Gasteiger partial charge is 0.364 e. The smallest absolute Gasteiger partial charge is 0.265 e. The van der Waals surface area contributed by atoms with E-state index in [0.29, 0.717) is 10.3 Å². The van der Waals surface area contributed by atoms with Crippen LogP contribution in [0.5, 0.6) is 0 Å². The highest BCUT2D eigenvalue weighted by atomic mass is 79.9. The number of halogens is 1. The van der Waals surface area contributed by atoms with Gasteiger partial charge >= 0.3 is 0 Å². The molecule has 0 aliphatic heterocycles. The van der Waals surface area contributed by atoms with Crippen molar-refractivity contribution < 1.29 is 4.79 Å². The minimum absolute atomic E-state index is 0.418. The molecule has 0 fully saturated rings. The van der Waals surface area contributed by atoms with Gasteiger partial charge in [-0.3, -0.25) is 4.79 Å². The predicted octanol–water partition coefficient (Wildman–Crippen LogP) is 2.28. The van der Waals surface area contributed by atoms with Crippen LogP contribution in [0.15, 0.2) is 47.2 Å². The number of nitrogens with two attached hydrogens (primary N) is 1. The van der Waals surface area contributed by atoms with Gasteiger partial charge in [0.2, 0.25) is 0 Å². The molecular weight excluding hydrogens is 308 g/mol. The lowest BCUT2D eigenvalue weighted by Gasteiger charge is -2.08. The Labute approximate surface area is 117 Å².